The number of nitrogens with one attached hydrogen (secondary N) is 3. The van der Waals surface area contributed by atoms with Crippen LogP contribution in [0.3, 0.4) is 0 Å². The van der Waals surface area contributed by atoms with Crippen LogP contribution in [0.5, 0.6) is 0 Å². The molecule has 9 heteroatoms. The molecule has 2 rings (SSSR count). The summed E-state index contributed by atoms with van der Waals surface area (Å²) in [5.74, 6) is 0.842. The Morgan fingerprint density at radius 2 is 2.03 bits per heavy atom. The number of nitriles is 1. The summed E-state index contributed by atoms with van der Waals surface area (Å²) in [5, 5.41) is 22.2. The normalized spacial score (nSPS) is 11.2. The first kappa shape index (κ1) is 21.8. The molecule has 1 amide bonds. The molecule has 0 unspecified atom stereocenters. The van der Waals surface area contributed by atoms with Gasteiger partial charge < -0.3 is 20.3 Å². The van der Waals surface area contributed by atoms with E-state index in [1.165, 1.54) is 0 Å². The minimum Gasteiger partial charge on any atom is -0.444 e. The van der Waals surface area contributed by atoms with Crippen LogP contribution >= 0.6 is 0 Å². The first-order valence-electron chi connectivity index (χ1n) is 9.15. The van der Waals surface area contributed by atoms with E-state index in [1.807, 2.05) is 59.1 Å². The van der Waals surface area contributed by atoms with Crippen LogP contribution < -0.4 is 10.6 Å². The highest BCUT2D eigenvalue weighted by Crippen LogP contribution is 2.23. The maximum atomic E-state index is 11.8. The van der Waals surface area contributed by atoms with Gasteiger partial charge in [-0.3, -0.25) is 5.10 Å². The number of carbonyl (C=O) groups is 1. The molecule has 0 bridgehead atoms. The molecule has 0 aliphatic rings. The van der Waals surface area contributed by atoms with Crippen LogP contribution in [0.4, 0.5) is 16.4 Å². The van der Waals surface area contributed by atoms with E-state index in [4.69, 9.17) is 4.74 Å². The lowest BCUT2D eigenvalue weighted by atomic mass is 10.1. The molecular weight excluding hydrogens is 370 g/mol. The van der Waals surface area contributed by atoms with Gasteiger partial charge in [0.15, 0.2) is 11.6 Å². The lowest BCUT2D eigenvalue weighted by molar-refractivity contribution is 0.0523. The molecule has 0 spiro atoms. The number of rotatable bonds is 7. The largest absolute Gasteiger partial charge is 0.444 e. The number of hydrogen-bond donors (Lipinski definition) is 3. The van der Waals surface area contributed by atoms with E-state index in [0.717, 1.165) is 11.1 Å². The van der Waals surface area contributed by atoms with E-state index in [0.29, 0.717) is 30.3 Å². The summed E-state index contributed by atoms with van der Waals surface area (Å²) in [6.07, 6.45) is 1.14. The predicted molar refractivity (Wildman–Crippen MR) is 112 cm³/mol. The number of hydrogen-bond acceptors (Lipinski definition) is 6. The number of ether oxygens (including phenoxy) is 1. The number of alkyl carbamates (subject to hydrolysis) is 1. The lowest BCUT2D eigenvalue weighted by Crippen LogP contribution is -2.32. The van der Waals surface area contributed by atoms with Crippen LogP contribution in [0.2, 0.25) is 0 Å². The molecule has 2 aromatic rings. The third-order valence-electron chi connectivity index (χ3n) is 3.56. The molecule has 0 fully saturated rings. The Hall–Kier alpha value is -3.54. The second-order valence-electron chi connectivity index (χ2n) is 7.64. The van der Waals surface area contributed by atoms with Crippen molar-refractivity contribution in [3.8, 4) is 6.07 Å². The van der Waals surface area contributed by atoms with Gasteiger partial charge in [-0.05, 0) is 31.9 Å². The van der Waals surface area contributed by atoms with Crippen LogP contribution in [-0.2, 0) is 17.8 Å². The summed E-state index contributed by atoms with van der Waals surface area (Å²) in [5.41, 5.74) is 1.74. The fourth-order valence-electron chi connectivity index (χ4n) is 2.36. The number of benzene rings is 1. The molecule has 0 atom stereocenters. The van der Waals surface area contributed by atoms with Gasteiger partial charge in [0.05, 0.1) is 6.34 Å². The zero-order valence-electron chi connectivity index (χ0n) is 17.4. The number of aliphatic imine (C=N–C) groups is 1. The quantitative estimate of drug-likeness (QED) is 0.488. The van der Waals surface area contributed by atoms with Crippen molar-refractivity contribution >= 4 is 24.1 Å². The molecule has 0 saturated heterocycles. The van der Waals surface area contributed by atoms with E-state index in [2.05, 4.69) is 31.9 Å². The Bertz CT molecular complexity index is 904. The summed E-state index contributed by atoms with van der Waals surface area (Å²) >= 11 is 0. The van der Waals surface area contributed by atoms with Gasteiger partial charge in [-0.25, -0.2) is 9.79 Å². The Morgan fingerprint density at radius 1 is 1.34 bits per heavy atom. The summed E-state index contributed by atoms with van der Waals surface area (Å²) in [6, 6.07) is 9.86. The number of aromatic nitrogens is 2. The standard InChI is InChI=1S/C20H27N7O2/c1-20(2,3)29-19(28)23-12-15-8-6-7-14(9-15)11-22-17-16(10-21)18(26-25-17)24-13-27(4)5/h6-9,13H,11-12H2,1-5H3,(H,23,28)(H2,22,25,26). The zero-order chi connectivity index (χ0) is 21.4. The van der Waals surface area contributed by atoms with Crippen molar-refractivity contribution in [2.45, 2.75) is 39.5 Å². The predicted octanol–water partition coefficient (Wildman–Crippen LogP) is 3.14. The SMILES string of the molecule is CN(C)C=Nc1[nH]nc(NCc2cccc(CNC(=O)OC(C)(C)C)c2)c1C#N. The highest BCUT2D eigenvalue weighted by molar-refractivity contribution is 5.68. The van der Waals surface area contributed by atoms with Crippen molar-refractivity contribution in [1.82, 2.24) is 20.4 Å². The van der Waals surface area contributed by atoms with Gasteiger partial charge in [0.1, 0.15) is 17.2 Å². The molecule has 0 radical (unpaired) electrons. The van der Waals surface area contributed by atoms with Gasteiger partial charge in [-0.2, -0.15) is 10.4 Å². The van der Waals surface area contributed by atoms with Crippen molar-refractivity contribution < 1.29 is 9.53 Å². The average molecular weight is 397 g/mol. The molecule has 0 saturated carbocycles. The van der Waals surface area contributed by atoms with Crippen LogP contribution in [0.25, 0.3) is 0 Å². The zero-order valence-corrected chi connectivity index (χ0v) is 17.4. The fourth-order valence-corrected chi connectivity index (χ4v) is 2.36. The van der Waals surface area contributed by atoms with Crippen LogP contribution in [0.15, 0.2) is 29.3 Å². The molecule has 1 heterocycles. The molecule has 29 heavy (non-hydrogen) atoms. The first-order valence-corrected chi connectivity index (χ1v) is 9.15. The molecule has 9 nitrogen and oxygen atoms in total. The number of carbonyl (C=O) groups excluding carboxylic acids is 1. The third-order valence-corrected chi connectivity index (χ3v) is 3.56. The monoisotopic (exact) mass is 397 g/mol. The second-order valence-corrected chi connectivity index (χ2v) is 7.64. The fraction of sp³-hybridized carbons (Fsp3) is 0.400. The highest BCUT2D eigenvalue weighted by atomic mass is 16.6. The Morgan fingerprint density at radius 3 is 2.66 bits per heavy atom. The van der Waals surface area contributed by atoms with Crippen molar-refractivity contribution in [2.75, 3.05) is 19.4 Å². The smallest absolute Gasteiger partial charge is 0.407 e. The van der Waals surface area contributed by atoms with Gasteiger partial charge in [-0.1, -0.05) is 24.3 Å². The molecule has 154 valence electrons. The van der Waals surface area contributed by atoms with Crippen LogP contribution in [-0.4, -0.2) is 47.2 Å². The molecule has 3 N–H and O–H groups in total. The van der Waals surface area contributed by atoms with E-state index >= 15 is 0 Å². The Labute approximate surface area is 170 Å². The average Bonchev–Trinajstić information content (AvgIpc) is 3.04. The maximum Gasteiger partial charge on any atom is 0.407 e. The van der Waals surface area contributed by atoms with Crippen LogP contribution in [0, 0.1) is 11.3 Å². The van der Waals surface area contributed by atoms with E-state index in [9.17, 15) is 10.1 Å². The minimum atomic E-state index is -0.534. The van der Waals surface area contributed by atoms with Gasteiger partial charge in [0, 0.05) is 27.2 Å². The van der Waals surface area contributed by atoms with E-state index < -0.39 is 11.7 Å². The summed E-state index contributed by atoms with van der Waals surface area (Å²) in [4.78, 5) is 17.8. The molecular formula is C20H27N7O2. The van der Waals surface area contributed by atoms with Gasteiger partial charge >= 0.3 is 6.09 Å². The van der Waals surface area contributed by atoms with E-state index in [1.54, 1.807) is 11.2 Å². The van der Waals surface area contributed by atoms with Crippen molar-refractivity contribution in [1.29, 1.82) is 5.26 Å². The number of H-pyrrole nitrogens is 1. The number of amides is 1. The first-order chi connectivity index (χ1) is 13.7. The topological polar surface area (TPSA) is 118 Å². The van der Waals surface area contributed by atoms with Crippen molar-refractivity contribution in [3.63, 3.8) is 0 Å². The number of anilines is 1. The minimum absolute atomic E-state index is 0.353. The Balaban J connectivity index is 1.98. The molecule has 0 aliphatic carbocycles. The van der Waals surface area contributed by atoms with Gasteiger partial charge in [-0.15, -0.1) is 0 Å². The lowest BCUT2D eigenvalue weighted by Gasteiger charge is -2.19. The molecule has 1 aromatic heterocycles. The van der Waals surface area contributed by atoms with Gasteiger partial charge in [0.25, 0.3) is 0 Å². The van der Waals surface area contributed by atoms with Gasteiger partial charge in [0.2, 0.25) is 0 Å². The molecule has 0 aliphatic heterocycles. The Kier molecular flexibility index (Phi) is 7.20. The highest BCUT2D eigenvalue weighted by Gasteiger charge is 2.16. The summed E-state index contributed by atoms with van der Waals surface area (Å²) in [6.45, 7) is 6.29. The third kappa shape index (κ3) is 7.18. The number of aromatic amines is 1. The summed E-state index contributed by atoms with van der Waals surface area (Å²) in [7, 11) is 3.69. The summed E-state index contributed by atoms with van der Waals surface area (Å²) < 4.78 is 5.24. The number of nitrogens with zero attached hydrogens (tertiary/aromatic N) is 4. The van der Waals surface area contributed by atoms with Crippen molar-refractivity contribution in [3.05, 3.63) is 41.0 Å². The van der Waals surface area contributed by atoms with Crippen molar-refractivity contribution in [2.24, 2.45) is 4.99 Å². The van der Waals surface area contributed by atoms with Crippen LogP contribution in [0.1, 0.15) is 37.5 Å². The van der Waals surface area contributed by atoms with E-state index in [-0.39, 0.29) is 0 Å². The maximum absolute atomic E-state index is 11.8. The second kappa shape index (κ2) is 9.59. The molecule has 1 aromatic carbocycles.